The van der Waals surface area contributed by atoms with E-state index in [4.69, 9.17) is 5.11 Å². The molecule has 6 nitrogen and oxygen atoms in total. The van der Waals surface area contributed by atoms with Crippen molar-refractivity contribution >= 4 is 11.9 Å². The largest absolute Gasteiger partial charge is 0.507 e. The number of phenolic OH excluding ortho intramolecular Hbond substituents is 1. The molecule has 158 valence electrons. The topological polar surface area (TPSA) is 115 Å². The zero-order valence-electron chi connectivity index (χ0n) is 17.3. The molecule has 2 aromatic carbocycles. The Morgan fingerprint density at radius 2 is 1.57 bits per heavy atom. The van der Waals surface area contributed by atoms with Crippen LogP contribution in [0.3, 0.4) is 0 Å². The minimum atomic E-state index is -1.34. The fourth-order valence-corrected chi connectivity index (χ4v) is 3.10. The van der Waals surface area contributed by atoms with Crippen LogP contribution in [0.25, 0.3) is 11.1 Å². The van der Waals surface area contributed by atoms with Gasteiger partial charge in [-0.25, -0.2) is 9.59 Å². The molecule has 0 saturated heterocycles. The third-order valence-corrected chi connectivity index (χ3v) is 4.78. The minimum Gasteiger partial charge on any atom is -0.507 e. The Kier molecular flexibility index (Phi) is 7.42. The number of hydrogen-bond acceptors (Lipinski definition) is 4. The highest BCUT2D eigenvalue weighted by Crippen LogP contribution is 2.39. The van der Waals surface area contributed by atoms with Crippen molar-refractivity contribution in [3.63, 3.8) is 0 Å². The summed E-state index contributed by atoms with van der Waals surface area (Å²) in [5.74, 6) is -3.15. The first kappa shape index (κ1) is 22.7. The number of rotatable bonds is 8. The van der Waals surface area contributed by atoms with Crippen LogP contribution in [0.4, 0.5) is 0 Å². The number of carbonyl (C=O) groups is 2. The van der Waals surface area contributed by atoms with E-state index in [2.05, 4.69) is 6.08 Å². The Hall–Kier alpha value is -3.54. The number of allylic oxidation sites excluding steroid dienone is 4. The van der Waals surface area contributed by atoms with Crippen molar-refractivity contribution in [3.05, 3.63) is 70.3 Å². The van der Waals surface area contributed by atoms with Crippen LogP contribution in [0.5, 0.6) is 11.5 Å². The third kappa shape index (κ3) is 5.50. The average Bonchev–Trinajstić information content (AvgIpc) is 2.66. The van der Waals surface area contributed by atoms with Gasteiger partial charge in [0.05, 0.1) is 5.56 Å². The fourth-order valence-electron chi connectivity index (χ4n) is 3.10. The van der Waals surface area contributed by atoms with Gasteiger partial charge >= 0.3 is 11.9 Å². The van der Waals surface area contributed by atoms with Gasteiger partial charge in [0.1, 0.15) is 17.1 Å². The van der Waals surface area contributed by atoms with Crippen molar-refractivity contribution in [1.29, 1.82) is 0 Å². The lowest BCUT2D eigenvalue weighted by Gasteiger charge is -2.14. The molecule has 0 heterocycles. The van der Waals surface area contributed by atoms with E-state index < -0.39 is 17.7 Å². The van der Waals surface area contributed by atoms with Crippen molar-refractivity contribution in [2.45, 2.75) is 40.0 Å². The van der Waals surface area contributed by atoms with Crippen LogP contribution < -0.4 is 0 Å². The predicted molar refractivity (Wildman–Crippen MR) is 115 cm³/mol. The molecule has 4 N–H and O–H groups in total. The molecule has 0 aliphatic carbocycles. The highest BCUT2D eigenvalue weighted by atomic mass is 16.4. The highest BCUT2D eigenvalue weighted by Gasteiger charge is 2.23. The maximum atomic E-state index is 11.8. The number of aromatic carboxylic acids is 2. The molecule has 6 heteroatoms. The zero-order valence-corrected chi connectivity index (χ0v) is 17.3. The molecule has 2 rings (SSSR count). The molecule has 0 spiro atoms. The van der Waals surface area contributed by atoms with Crippen molar-refractivity contribution in [2.75, 3.05) is 0 Å². The SMILES string of the molecule is CC(C)=CCC/C(C)=C/Cc1c(O)cc(-c2ccc(C(=O)O)cc2)c(C(=O)O)c1O. The molecule has 0 aromatic heterocycles. The van der Waals surface area contributed by atoms with Gasteiger partial charge in [-0.2, -0.15) is 0 Å². The molecule has 0 saturated carbocycles. The quantitative estimate of drug-likeness (QED) is 0.433. The van der Waals surface area contributed by atoms with Gasteiger partial charge in [-0.3, -0.25) is 0 Å². The zero-order chi connectivity index (χ0) is 22.4. The number of benzene rings is 2. The first-order chi connectivity index (χ1) is 14.1. The summed E-state index contributed by atoms with van der Waals surface area (Å²) in [6.07, 6.45) is 5.89. The fraction of sp³-hybridized carbons (Fsp3) is 0.250. The van der Waals surface area contributed by atoms with Gasteiger partial charge in [0.2, 0.25) is 0 Å². The Bertz CT molecular complexity index is 1010. The summed E-state index contributed by atoms with van der Waals surface area (Å²) in [4.78, 5) is 22.9. The predicted octanol–water partition coefficient (Wildman–Crippen LogP) is 5.40. The average molecular weight is 410 g/mol. The molecule has 0 aliphatic heterocycles. The molecule has 30 heavy (non-hydrogen) atoms. The van der Waals surface area contributed by atoms with Gasteiger partial charge in [-0.05, 0) is 63.8 Å². The monoisotopic (exact) mass is 410 g/mol. The van der Waals surface area contributed by atoms with Crippen molar-refractivity contribution < 1.29 is 30.0 Å². The maximum Gasteiger partial charge on any atom is 0.340 e. The normalized spacial score (nSPS) is 11.2. The maximum absolute atomic E-state index is 11.8. The van der Waals surface area contributed by atoms with E-state index in [0.717, 1.165) is 18.4 Å². The summed E-state index contributed by atoms with van der Waals surface area (Å²) in [6, 6.07) is 6.85. The molecule has 0 fully saturated rings. The van der Waals surface area contributed by atoms with Gasteiger partial charge < -0.3 is 20.4 Å². The summed E-state index contributed by atoms with van der Waals surface area (Å²) in [6.45, 7) is 6.00. The molecule has 0 aliphatic rings. The van der Waals surface area contributed by atoms with E-state index >= 15 is 0 Å². The number of carboxylic acid groups (broad SMARTS) is 2. The lowest BCUT2D eigenvalue weighted by molar-refractivity contribution is 0.0684. The Morgan fingerprint density at radius 1 is 0.933 bits per heavy atom. The first-order valence-electron chi connectivity index (χ1n) is 9.55. The van der Waals surface area contributed by atoms with Crippen LogP contribution in [0, 0.1) is 0 Å². The molecule has 0 unspecified atom stereocenters. The Labute approximate surface area is 175 Å². The minimum absolute atomic E-state index is 0.0504. The van der Waals surface area contributed by atoms with Gasteiger partial charge in [-0.1, -0.05) is 35.4 Å². The van der Waals surface area contributed by atoms with Crippen LogP contribution in [-0.2, 0) is 6.42 Å². The summed E-state index contributed by atoms with van der Waals surface area (Å²) in [7, 11) is 0. The highest BCUT2D eigenvalue weighted by molar-refractivity contribution is 6.00. The van der Waals surface area contributed by atoms with Crippen LogP contribution in [0.15, 0.2) is 53.6 Å². The van der Waals surface area contributed by atoms with Crippen molar-refractivity contribution in [2.24, 2.45) is 0 Å². The lowest BCUT2D eigenvalue weighted by Crippen LogP contribution is -2.03. The second-order valence-electron chi connectivity index (χ2n) is 7.41. The molecule has 2 aromatic rings. The lowest BCUT2D eigenvalue weighted by atomic mass is 9.93. The molecular weight excluding hydrogens is 384 g/mol. The summed E-state index contributed by atoms with van der Waals surface area (Å²) in [5, 5.41) is 39.7. The van der Waals surface area contributed by atoms with Crippen LogP contribution in [-0.4, -0.2) is 32.4 Å². The molecule has 0 radical (unpaired) electrons. The van der Waals surface area contributed by atoms with Crippen molar-refractivity contribution in [3.8, 4) is 22.6 Å². The van der Waals surface area contributed by atoms with Gasteiger partial charge in [0, 0.05) is 11.1 Å². The van der Waals surface area contributed by atoms with Gasteiger partial charge in [0.25, 0.3) is 0 Å². The smallest absolute Gasteiger partial charge is 0.340 e. The number of hydrogen-bond donors (Lipinski definition) is 4. The van der Waals surface area contributed by atoms with E-state index in [0.29, 0.717) is 5.56 Å². The second-order valence-corrected chi connectivity index (χ2v) is 7.41. The number of phenols is 2. The Balaban J connectivity index is 2.41. The third-order valence-electron chi connectivity index (χ3n) is 4.78. The molecule has 0 amide bonds. The van der Waals surface area contributed by atoms with E-state index in [-0.39, 0.29) is 34.4 Å². The summed E-state index contributed by atoms with van der Waals surface area (Å²) >= 11 is 0. The van der Waals surface area contributed by atoms with Gasteiger partial charge in [-0.15, -0.1) is 0 Å². The summed E-state index contributed by atoms with van der Waals surface area (Å²) in [5.41, 5.74) is 2.65. The summed E-state index contributed by atoms with van der Waals surface area (Å²) < 4.78 is 0. The van der Waals surface area contributed by atoms with Crippen LogP contribution in [0.1, 0.15) is 59.9 Å². The van der Waals surface area contributed by atoms with E-state index in [1.54, 1.807) is 0 Å². The van der Waals surface area contributed by atoms with Gasteiger partial charge in [0.15, 0.2) is 0 Å². The number of aromatic hydroxyl groups is 2. The van der Waals surface area contributed by atoms with E-state index in [1.165, 1.54) is 35.9 Å². The van der Waals surface area contributed by atoms with E-state index in [9.17, 15) is 24.9 Å². The Morgan fingerprint density at radius 3 is 2.10 bits per heavy atom. The van der Waals surface area contributed by atoms with E-state index in [1.807, 2.05) is 26.8 Å². The van der Waals surface area contributed by atoms with Crippen molar-refractivity contribution in [1.82, 2.24) is 0 Å². The second kappa shape index (κ2) is 9.78. The first-order valence-corrected chi connectivity index (χ1v) is 9.55. The molecular formula is C24H26O6. The van der Waals surface area contributed by atoms with Crippen LogP contribution in [0.2, 0.25) is 0 Å². The number of carboxylic acids is 2. The standard InChI is InChI=1S/C24H26O6/c1-14(2)5-4-6-15(3)7-12-18-20(25)13-19(21(22(18)26)24(29)30)16-8-10-17(11-9-16)23(27)28/h5,7-11,13,25-26H,4,6,12H2,1-3H3,(H,27,28)(H,29,30)/b15-7+. The van der Waals surface area contributed by atoms with Crippen LogP contribution >= 0.6 is 0 Å². The molecule has 0 atom stereocenters. The molecule has 0 bridgehead atoms.